The number of likely N-dealkylation sites (tertiary alicyclic amines) is 1. The number of ether oxygens (including phenoxy) is 2. The molecular formula is C16H23F2N3O2. The van der Waals surface area contributed by atoms with Crippen LogP contribution in [0.4, 0.5) is 8.78 Å². The van der Waals surface area contributed by atoms with Gasteiger partial charge in [-0.25, -0.2) is 4.99 Å². The van der Waals surface area contributed by atoms with E-state index < -0.39 is 6.61 Å². The van der Waals surface area contributed by atoms with Crippen LogP contribution in [0.15, 0.2) is 23.2 Å². The molecular weight excluding hydrogens is 304 g/mol. The molecule has 0 amide bonds. The summed E-state index contributed by atoms with van der Waals surface area (Å²) in [7, 11) is 1.51. The van der Waals surface area contributed by atoms with Gasteiger partial charge in [0.05, 0.1) is 13.7 Å². The van der Waals surface area contributed by atoms with E-state index >= 15 is 0 Å². The Labute approximate surface area is 135 Å². The molecule has 1 aliphatic heterocycles. The lowest BCUT2D eigenvalue weighted by Crippen LogP contribution is -2.42. The maximum Gasteiger partial charge on any atom is 0.387 e. The van der Waals surface area contributed by atoms with Gasteiger partial charge in [0.1, 0.15) is 11.5 Å². The first-order valence-electron chi connectivity index (χ1n) is 7.66. The molecule has 0 aliphatic carbocycles. The fraction of sp³-hybridized carbons (Fsp3) is 0.562. The van der Waals surface area contributed by atoms with Gasteiger partial charge in [0.25, 0.3) is 0 Å². The van der Waals surface area contributed by atoms with Crippen LogP contribution in [0.25, 0.3) is 0 Å². The number of rotatable bonds is 5. The molecule has 128 valence electrons. The van der Waals surface area contributed by atoms with E-state index in [1.54, 1.807) is 12.1 Å². The first kappa shape index (κ1) is 17.3. The van der Waals surface area contributed by atoms with Gasteiger partial charge in [0.15, 0.2) is 5.96 Å². The summed E-state index contributed by atoms with van der Waals surface area (Å²) in [5.41, 5.74) is 6.53. The van der Waals surface area contributed by atoms with Crippen molar-refractivity contribution in [2.75, 3.05) is 20.2 Å². The summed E-state index contributed by atoms with van der Waals surface area (Å²) in [6.07, 6.45) is 2.16. The fourth-order valence-electron chi connectivity index (χ4n) is 2.52. The van der Waals surface area contributed by atoms with Gasteiger partial charge in [0.2, 0.25) is 0 Å². The van der Waals surface area contributed by atoms with Crippen molar-refractivity contribution in [3.05, 3.63) is 23.8 Å². The number of hydrogen-bond acceptors (Lipinski definition) is 3. The van der Waals surface area contributed by atoms with Crippen LogP contribution in [0.1, 0.15) is 25.3 Å². The Hall–Kier alpha value is -2.05. The highest BCUT2D eigenvalue weighted by atomic mass is 19.3. The Morgan fingerprint density at radius 2 is 2.09 bits per heavy atom. The third-order valence-electron chi connectivity index (χ3n) is 4.00. The summed E-state index contributed by atoms with van der Waals surface area (Å²) in [5, 5.41) is 0. The van der Waals surface area contributed by atoms with E-state index in [4.69, 9.17) is 10.5 Å². The summed E-state index contributed by atoms with van der Waals surface area (Å²) in [6, 6.07) is 4.65. The van der Waals surface area contributed by atoms with E-state index in [-0.39, 0.29) is 12.3 Å². The molecule has 1 aliphatic rings. The third-order valence-corrected chi connectivity index (χ3v) is 4.00. The molecule has 7 heteroatoms. The molecule has 0 unspecified atom stereocenters. The maximum absolute atomic E-state index is 12.5. The van der Waals surface area contributed by atoms with Crippen molar-refractivity contribution >= 4 is 5.96 Å². The Bertz CT molecular complexity index is 544. The van der Waals surface area contributed by atoms with E-state index in [1.165, 1.54) is 13.2 Å². The molecule has 2 N–H and O–H groups in total. The van der Waals surface area contributed by atoms with Gasteiger partial charge < -0.3 is 20.1 Å². The van der Waals surface area contributed by atoms with E-state index in [9.17, 15) is 8.78 Å². The van der Waals surface area contributed by atoms with Crippen molar-refractivity contribution in [1.82, 2.24) is 4.90 Å². The SMILES string of the molecule is COc1ccc(OC(F)F)c(CN=C(N)N2CCC(C)CC2)c1. The largest absolute Gasteiger partial charge is 0.497 e. The smallest absolute Gasteiger partial charge is 0.387 e. The average molecular weight is 327 g/mol. The fourth-order valence-corrected chi connectivity index (χ4v) is 2.52. The second-order valence-corrected chi connectivity index (χ2v) is 5.70. The highest BCUT2D eigenvalue weighted by molar-refractivity contribution is 5.78. The van der Waals surface area contributed by atoms with Crippen LogP contribution >= 0.6 is 0 Å². The van der Waals surface area contributed by atoms with Crippen LogP contribution in [-0.4, -0.2) is 37.7 Å². The number of nitrogens with two attached hydrogens (primary N) is 1. The minimum Gasteiger partial charge on any atom is -0.497 e. The van der Waals surface area contributed by atoms with Crippen molar-refractivity contribution in [2.24, 2.45) is 16.6 Å². The summed E-state index contributed by atoms with van der Waals surface area (Å²) >= 11 is 0. The van der Waals surface area contributed by atoms with Crippen molar-refractivity contribution in [2.45, 2.75) is 32.9 Å². The van der Waals surface area contributed by atoms with Gasteiger partial charge in [0, 0.05) is 18.7 Å². The highest BCUT2D eigenvalue weighted by Crippen LogP contribution is 2.26. The molecule has 0 spiro atoms. The van der Waals surface area contributed by atoms with Crippen LogP contribution in [0, 0.1) is 5.92 Å². The second kappa shape index (κ2) is 7.99. The Kier molecular flexibility index (Phi) is 6.01. The first-order chi connectivity index (χ1) is 11.0. The first-order valence-corrected chi connectivity index (χ1v) is 7.66. The molecule has 23 heavy (non-hydrogen) atoms. The number of hydrogen-bond donors (Lipinski definition) is 1. The molecule has 0 bridgehead atoms. The minimum absolute atomic E-state index is 0.0876. The van der Waals surface area contributed by atoms with E-state index in [2.05, 4.69) is 16.7 Å². The number of aliphatic imine (C=N–C) groups is 1. The number of nitrogens with zero attached hydrogens (tertiary/aromatic N) is 2. The monoisotopic (exact) mass is 327 g/mol. The summed E-state index contributed by atoms with van der Waals surface area (Å²) in [5.74, 6) is 1.78. The lowest BCUT2D eigenvalue weighted by atomic mass is 10.00. The van der Waals surface area contributed by atoms with E-state index in [0.717, 1.165) is 25.9 Å². The van der Waals surface area contributed by atoms with Gasteiger partial charge in [-0.15, -0.1) is 0 Å². The number of alkyl halides is 2. The van der Waals surface area contributed by atoms with Gasteiger partial charge in [-0.05, 0) is 37.0 Å². The molecule has 1 aromatic rings. The molecule has 1 aromatic carbocycles. The van der Waals surface area contributed by atoms with Gasteiger partial charge in [-0.1, -0.05) is 6.92 Å². The quantitative estimate of drug-likeness (QED) is 0.667. The van der Waals surface area contributed by atoms with Crippen molar-refractivity contribution in [1.29, 1.82) is 0 Å². The second-order valence-electron chi connectivity index (χ2n) is 5.70. The van der Waals surface area contributed by atoms with Gasteiger partial charge >= 0.3 is 6.61 Å². The zero-order valence-electron chi connectivity index (χ0n) is 13.5. The average Bonchev–Trinajstić information content (AvgIpc) is 2.53. The van der Waals surface area contributed by atoms with Crippen molar-refractivity contribution in [3.8, 4) is 11.5 Å². The third kappa shape index (κ3) is 4.97. The topological polar surface area (TPSA) is 60.1 Å². The number of guanidine groups is 1. The molecule has 5 nitrogen and oxygen atoms in total. The molecule has 1 heterocycles. The molecule has 0 radical (unpaired) electrons. The lowest BCUT2D eigenvalue weighted by molar-refractivity contribution is -0.0504. The normalized spacial score (nSPS) is 16.7. The summed E-state index contributed by atoms with van der Waals surface area (Å²) in [6.45, 7) is 1.24. The van der Waals surface area contributed by atoms with Crippen molar-refractivity contribution in [3.63, 3.8) is 0 Å². The maximum atomic E-state index is 12.5. The van der Waals surface area contributed by atoms with Crippen LogP contribution < -0.4 is 15.2 Å². The van der Waals surface area contributed by atoms with Crippen LogP contribution in [0.3, 0.4) is 0 Å². The highest BCUT2D eigenvalue weighted by Gasteiger charge is 2.17. The number of piperidine rings is 1. The molecule has 0 aromatic heterocycles. The standard InChI is InChI=1S/C16H23F2N3O2/c1-11-5-7-21(8-6-11)16(19)20-10-12-9-13(22-2)3-4-14(12)23-15(17)18/h3-4,9,11,15H,5-8,10H2,1-2H3,(H2,19,20). The van der Waals surface area contributed by atoms with E-state index in [0.29, 0.717) is 23.2 Å². The van der Waals surface area contributed by atoms with Gasteiger partial charge in [-0.2, -0.15) is 8.78 Å². The Morgan fingerprint density at radius 1 is 1.39 bits per heavy atom. The van der Waals surface area contributed by atoms with E-state index in [1.807, 2.05) is 4.90 Å². The Balaban J connectivity index is 2.09. The molecule has 1 saturated heterocycles. The number of methoxy groups -OCH3 is 1. The number of halogens is 2. The van der Waals surface area contributed by atoms with Gasteiger partial charge in [-0.3, -0.25) is 0 Å². The summed E-state index contributed by atoms with van der Waals surface area (Å²) < 4.78 is 34.6. The molecule has 0 atom stereocenters. The summed E-state index contributed by atoms with van der Waals surface area (Å²) in [4.78, 5) is 6.35. The zero-order chi connectivity index (χ0) is 16.8. The van der Waals surface area contributed by atoms with Crippen LogP contribution in [0.2, 0.25) is 0 Å². The molecule has 2 rings (SSSR count). The predicted octanol–water partition coefficient (Wildman–Crippen LogP) is 2.84. The molecule has 0 saturated carbocycles. The minimum atomic E-state index is -2.88. The number of benzene rings is 1. The predicted molar refractivity (Wildman–Crippen MR) is 84.9 cm³/mol. The lowest BCUT2D eigenvalue weighted by Gasteiger charge is -2.31. The Morgan fingerprint density at radius 3 is 2.70 bits per heavy atom. The van der Waals surface area contributed by atoms with Crippen molar-refractivity contribution < 1.29 is 18.3 Å². The zero-order valence-corrected chi connectivity index (χ0v) is 13.5. The molecule has 1 fully saturated rings. The van der Waals surface area contributed by atoms with Crippen LogP contribution in [-0.2, 0) is 6.54 Å². The van der Waals surface area contributed by atoms with Crippen LogP contribution in [0.5, 0.6) is 11.5 Å².